The van der Waals surface area contributed by atoms with Gasteiger partial charge in [0.2, 0.25) is 5.91 Å². The number of nitrogens with zero attached hydrogens (tertiary/aromatic N) is 2. The first-order valence-electron chi connectivity index (χ1n) is 7.63. The number of hydrogen-bond acceptors (Lipinski definition) is 3. The van der Waals surface area contributed by atoms with Crippen molar-refractivity contribution in [1.29, 1.82) is 0 Å². The van der Waals surface area contributed by atoms with Crippen molar-refractivity contribution in [3.05, 3.63) is 0 Å². The van der Waals surface area contributed by atoms with E-state index >= 15 is 0 Å². The van der Waals surface area contributed by atoms with Crippen molar-refractivity contribution in [3.63, 3.8) is 0 Å². The van der Waals surface area contributed by atoms with Gasteiger partial charge in [-0.25, -0.2) is 0 Å². The van der Waals surface area contributed by atoms with E-state index in [9.17, 15) is 4.79 Å². The van der Waals surface area contributed by atoms with Crippen LogP contribution in [-0.2, 0) is 4.79 Å². The minimum absolute atomic E-state index is 0. The van der Waals surface area contributed by atoms with E-state index in [1.54, 1.807) is 0 Å². The zero-order valence-electron chi connectivity index (χ0n) is 13.3. The van der Waals surface area contributed by atoms with Crippen molar-refractivity contribution in [2.24, 2.45) is 11.1 Å². The molecule has 2 rings (SSSR count). The summed E-state index contributed by atoms with van der Waals surface area (Å²) in [7, 11) is 0. The van der Waals surface area contributed by atoms with Crippen LogP contribution in [-0.4, -0.2) is 53.5 Å². The molecule has 0 bridgehead atoms. The lowest BCUT2D eigenvalue weighted by Gasteiger charge is -2.47. The van der Waals surface area contributed by atoms with Gasteiger partial charge in [-0.1, -0.05) is 13.8 Å². The third kappa shape index (κ3) is 3.46. The highest BCUT2D eigenvalue weighted by Gasteiger charge is 2.40. The second kappa shape index (κ2) is 6.63. The van der Waals surface area contributed by atoms with Crippen molar-refractivity contribution < 1.29 is 4.79 Å². The van der Waals surface area contributed by atoms with E-state index in [1.807, 2.05) is 4.90 Å². The van der Waals surface area contributed by atoms with Crippen LogP contribution in [0.25, 0.3) is 0 Å². The van der Waals surface area contributed by atoms with Crippen molar-refractivity contribution in [3.8, 4) is 0 Å². The van der Waals surface area contributed by atoms with Crippen molar-refractivity contribution in [2.75, 3.05) is 19.6 Å². The molecule has 0 aliphatic carbocycles. The Labute approximate surface area is 129 Å². The summed E-state index contributed by atoms with van der Waals surface area (Å²) < 4.78 is 0. The normalized spacial score (nSPS) is 31.3. The van der Waals surface area contributed by atoms with E-state index in [2.05, 4.69) is 32.6 Å². The van der Waals surface area contributed by atoms with Gasteiger partial charge in [-0.2, -0.15) is 0 Å². The summed E-state index contributed by atoms with van der Waals surface area (Å²) in [4.78, 5) is 17.0. The summed E-state index contributed by atoms with van der Waals surface area (Å²) in [5.74, 6) is 0.326. The first kappa shape index (κ1) is 17.7. The highest BCUT2D eigenvalue weighted by molar-refractivity contribution is 5.85. The van der Waals surface area contributed by atoms with Crippen molar-refractivity contribution >= 4 is 18.3 Å². The molecule has 20 heavy (non-hydrogen) atoms. The number of amides is 1. The van der Waals surface area contributed by atoms with Crippen molar-refractivity contribution in [2.45, 2.75) is 65.1 Å². The average Bonchev–Trinajstić information content (AvgIpc) is 2.32. The zero-order valence-corrected chi connectivity index (χ0v) is 14.1. The Morgan fingerprint density at radius 3 is 2.45 bits per heavy atom. The summed E-state index contributed by atoms with van der Waals surface area (Å²) in [5, 5.41) is 0. The number of piperidine rings is 2. The lowest BCUT2D eigenvalue weighted by atomic mass is 9.79. The summed E-state index contributed by atoms with van der Waals surface area (Å²) in [5.41, 5.74) is 6.30. The predicted molar refractivity (Wildman–Crippen MR) is 85.1 cm³/mol. The molecular formula is C15H30ClN3O. The minimum atomic E-state index is 0. The molecule has 0 aromatic rings. The minimum Gasteiger partial charge on any atom is -0.339 e. The fourth-order valence-corrected chi connectivity index (χ4v) is 3.41. The highest BCUT2D eigenvalue weighted by atomic mass is 35.5. The van der Waals surface area contributed by atoms with Gasteiger partial charge < -0.3 is 10.6 Å². The van der Waals surface area contributed by atoms with Crippen LogP contribution < -0.4 is 5.73 Å². The fraction of sp³-hybridized carbons (Fsp3) is 0.933. The second-order valence-corrected chi connectivity index (χ2v) is 7.14. The van der Waals surface area contributed by atoms with Gasteiger partial charge in [-0.3, -0.25) is 9.69 Å². The first-order valence-corrected chi connectivity index (χ1v) is 7.63. The molecule has 0 radical (unpaired) electrons. The summed E-state index contributed by atoms with van der Waals surface area (Å²) in [6, 6.07) is 0.655. The molecule has 0 spiro atoms. The molecule has 2 unspecified atom stereocenters. The number of likely N-dealkylation sites (tertiary alicyclic amines) is 2. The van der Waals surface area contributed by atoms with Crippen LogP contribution in [0.3, 0.4) is 0 Å². The van der Waals surface area contributed by atoms with E-state index in [4.69, 9.17) is 5.73 Å². The lowest BCUT2D eigenvalue weighted by molar-refractivity contribution is -0.143. The van der Waals surface area contributed by atoms with E-state index in [0.29, 0.717) is 11.9 Å². The Hall–Kier alpha value is -0.320. The van der Waals surface area contributed by atoms with Crippen molar-refractivity contribution in [1.82, 2.24) is 9.80 Å². The summed E-state index contributed by atoms with van der Waals surface area (Å²) in [6.07, 6.45) is 3.13. The molecule has 2 aliphatic heterocycles. The van der Waals surface area contributed by atoms with E-state index in [1.165, 1.54) is 0 Å². The van der Waals surface area contributed by atoms with E-state index in [-0.39, 0.29) is 29.9 Å². The molecule has 2 N–H and O–H groups in total. The smallest absolute Gasteiger partial charge is 0.240 e. The number of carbonyl (C=O) groups excluding carboxylic acids is 1. The monoisotopic (exact) mass is 303 g/mol. The first-order chi connectivity index (χ1) is 8.83. The molecule has 118 valence electrons. The van der Waals surface area contributed by atoms with Crippen LogP contribution in [0.1, 0.15) is 47.0 Å². The number of nitrogens with two attached hydrogens (primary N) is 1. The van der Waals surface area contributed by atoms with Crippen LogP contribution in [0.5, 0.6) is 0 Å². The molecule has 2 saturated heterocycles. The van der Waals surface area contributed by atoms with Gasteiger partial charge in [0.15, 0.2) is 0 Å². The Balaban J connectivity index is 0.00000200. The molecule has 2 aliphatic rings. The van der Waals surface area contributed by atoms with Crippen LogP contribution in [0.15, 0.2) is 0 Å². The van der Waals surface area contributed by atoms with Gasteiger partial charge in [0, 0.05) is 31.7 Å². The maximum Gasteiger partial charge on any atom is 0.240 e. The number of carbonyl (C=O) groups is 1. The Morgan fingerprint density at radius 1 is 1.25 bits per heavy atom. The molecular weight excluding hydrogens is 274 g/mol. The number of rotatable bonds is 2. The highest BCUT2D eigenvalue weighted by Crippen LogP contribution is 2.31. The van der Waals surface area contributed by atoms with Gasteiger partial charge in [0.25, 0.3) is 0 Å². The Kier molecular flexibility index (Phi) is 5.88. The van der Waals surface area contributed by atoms with Crippen LogP contribution in [0.4, 0.5) is 0 Å². The Morgan fingerprint density at radius 2 is 1.90 bits per heavy atom. The summed E-state index contributed by atoms with van der Waals surface area (Å²) in [6.45, 7) is 11.5. The zero-order chi connectivity index (χ0) is 14.2. The molecule has 4 nitrogen and oxygen atoms in total. The molecule has 1 amide bonds. The average molecular weight is 304 g/mol. The van der Waals surface area contributed by atoms with Crippen LogP contribution in [0, 0.1) is 5.41 Å². The van der Waals surface area contributed by atoms with Crippen LogP contribution in [0.2, 0.25) is 0 Å². The third-order valence-electron chi connectivity index (χ3n) is 4.85. The topological polar surface area (TPSA) is 49.6 Å². The molecule has 0 saturated carbocycles. The predicted octanol–water partition coefficient (Wildman–Crippen LogP) is 1.87. The standard InChI is InChI=1S/C15H29N3O.ClH/c1-11(2)18-8-5-6-12(14(18)19)17-9-7-13(16)15(3,4)10-17;/h11-13H,5-10,16H2,1-4H3;1H. The molecule has 0 aromatic heterocycles. The largest absolute Gasteiger partial charge is 0.339 e. The summed E-state index contributed by atoms with van der Waals surface area (Å²) >= 11 is 0. The van der Waals surface area contributed by atoms with Gasteiger partial charge in [0.1, 0.15) is 0 Å². The lowest BCUT2D eigenvalue weighted by Crippen LogP contribution is -2.60. The molecule has 0 aromatic carbocycles. The molecule has 2 atom stereocenters. The number of hydrogen-bond donors (Lipinski definition) is 1. The van der Waals surface area contributed by atoms with Gasteiger partial charge >= 0.3 is 0 Å². The molecule has 5 heteroatoms. The van der Waals surface area contributed by atoms with Gasteiger partial charge in [0.05, 0.1) is 6.04 Å². The maximum absolute atomic E-state index is 12.6. The van der Waals surface area contributed by atoms with E-state index in [0.717, 1.165) is 38.9 Å². The number of halogens is 1. The third-order valence-corrected chi connectivity index (χ3v) is 4.85. The van der Waals surface area contributed by atoms with Gasteiger partial charge in [-0.05, 0) is 38.5 Å². The second-order valence-electron chi connectivity index (χ2n) is 7.14. The Bertz CT molecular complexity index is 346. The van der Waals surface area contributed by atoms with Gasteiger partial charge in [-0.15, -0.1) is 12.4 Å². The fourth-order valence-electron chi connectivity index (χ4n) is 3.41. The maximum atomic E-state index is 12.6. The molecule has 2 fully saturated rings. The quantitative estimate of drug-likeness (QED) is 0.847. The SMILES string of the molecule is CC(C)N1CCCC(N2CCC(N)C(C)(C)C2)C1=O.Cl. The molecule has 2 heterocycles. The van der Waals surface area contributed by atoms with Crippen LogP contribution >= 0.6 is 12.4 Å². The van der Waals surface area contributed by atoms with E-state index < -0.39 is 0 Å².